The van der Waals surface area contributed by atoms with E-state index in [2.05, 4.69) is 6.92 Å². The highest BCUT2D eigenvalue weighted by atomic mass is 16.5. The number of aromatic amines is 1. The summed E-state index contributed by atoms with van der Waals surface area (Å²) in [5.74, 6) is -0.895. The Morgan fingerprint density at radius 1 is 1.23 bits per heavy atom. The van der Waals surface area contributed by atoms with E-state index in [0.29, 0.717) is 5.92 Å². The molecule has 3 N–H and O–H groups in total. The molecule has 0 aliphatic heterocycles. The molecule has 0 amide bonds. The van der Waals surface area contributed by atoms with Gasteiger partial charge < -0.3 is 10.5 Å². The normalized spacial score (nSPS) is 19.9. The van der Waals surface area contributed by atoms with Crippen LogP contribution < -0.4 is 17.0 Å². The predicted octanol–water partition coefficient (Wildman–Crippen LogP) is 1.38. The van der Waals surface area contributed by atoms with Crippen LogP contribution in [0, 0.1) is 11.8 Å². The van der Waals surface area contributed by atoms with Crippen molar-refractivity contribution in [1.29, 1.82) is 0 Å². The van der Waals surface area contributed by atoms with E-state index in [9.17, 15) is 19.2 Å². The standard InChI is InChI=1S/C18H27N3O5/c1-3-4-5-11-6-8-12(9-7-11)17(24)26-10-13(22)14-15(19)21(2)18(25)20-16(14)23/h11-12H,3-10,19H2,1-2H3,(H,20,23,25). The van der Waals surface area contributed by atoms with Crippen molar-refractivity contribution >= 4 is 17.6 Å². The number of carbonyl (C=O) groups is 2. The second kappa shape index (κ2) is 8.82. The van der Waals surface area contributed by atoms with Crippen molar-refractivity contribution in [3.05, 3.63) is 26.4 Å². The number of ketones is 1. The average Bonchev–Trinajstić information content (AvgIpc) is 2.63. The van der Waals surface area contributed by atoms with Gasteiger partial charge in [0.05, 0.1) is 5.92 Å². The molecule has 0 spiro atoms. The lowest BCUT2D eigenvalue weighted by Gasteiger charge is -2.27. The van der Waals surface area contributed by atoms with E-state index in [1.807, 2.05) is 4.98 Å². The van der Waals surface area contributed by atoms with Crippen LogP contribution in [-0.4, -0.2) is 27.9 Å². The summed E-state index contributed by atoms with van der Waals surface area (Å²) < 4.78 is 6.08. The molecular weight excluding hydrogens is 338 g/mol. The zero-order valence-electron chi connectivity index (χ0n) is 15.4. The molecule has 1 aliphatic carbocycles. The Kier molecular flexibility index (Phi) is 6.76. The predicted molar refractivity (Wildman–Crippen MR) is 97.0 cm³/mol. The maximum atomic E-state index is 12.2. The number of nitrogens with two attached hydrogens (primary N) is 1. The Morgan fingerprint density at radius 3 is 2.50 bits per heavy atom. The van der Waals surface area contributed by atoms with Gasteiger partial charge in [-0.1, -0.05) is 26.2 Å². The van der Waals surface area contributed by atoms with E-state index in [0.717, 1.165) is 30.3 Å². The van der Waals surface area contributed by atoms with Crippen LogP contribution in [0.3, 0.4) is 0 Å². The molecule has 1 aliphatic rings. The van der Waals surface area contributed by atoms with Gasteiger partial charge in [-0.25, -0.2) is 4.79 Å². The van der Waals surface area contributed by atoms with E-state index >= 15 is 0 Å². The first-order valence-electron chi connectivity index (χ1n) is 9.13. The Balaban J connectivity index is 1.91. The largest absolute Gasteiger partial charge is 0.457 e. The average molecular weight is 365 g/mol. The maximum absolute atomic E-state index is 12.2. The lowest BCUT2D eigenvalue weighted by Crippen LogP contribution is -2.36. The number of nitrogens with zero attached hydrogens (tertiary/aromatic N) is 1. The summed E-state index contributed by atoms with van der Waals surface area (Å²) in [5.41, 5.74) is 3.73. The molecule has 0 radical (unpaired) electrons. The molecule has 144 valence electrons. The van der Waals surface area contributed by atoms with Gasteiger partial charge in [0.25, 0.3) is 5.56 Å². The molecule has 8 heteroatoms. The van der Waals surface area contributed by atoms with Gasteiger partial charge in [0, 0.05) is 7.05 Å². The number of hydrogen-bond donors (Lipinski definition) is 2. The highest BCUT2D eigenvalue weighted by Crippen LogP contribution is 2.32. The zero-order valence-corrected chi connectivity index (χ0v) is 15.4. The van der Waals surface area contributed by atoms with E-state index in [1.54, 1.807) is 0 Å². The molecule has 0 unspecified atom stereocenters. The summed E-state index contributed by atoms with van der Waals surface area (Å²) in [6.07, 6.45) is 7.13. The van der Waals surface area contributed by atoms with Crippen molar-refractivity contribution in [2.24, 2.45) is 18.9 Å². The van der Waals surface area contributed by atoms with Gasteiger partial charge in [0.1, 0.15) is 11.4 Å². The van der Waals surface area contributed by atoms with Crippen molar-refractivity contribution in [3.8, 4) is 0 Å². The molecule has 1 fully saturated rings. The fraction of sp³-hybridized carbons (Fsp3) is 0.667. The third-order valence-electron chi connectivity index (χ3n) is 5.14. The third-order valence-corrected chi connectivity index (χ3v) is 5.14. The van der Waals surface area contributed by atoms with Gasteiger partial charge >= 0.3 is 11.7 Å². The third kappa shape index (κ3) is 4.62. The number of hydrogen-bond acceptors (Lipinski definition) is 6. The summed E-state index contributed by atoms with van der Waals surface area (Å²) in [5, 5.41) is 0. The number of Topliss-reactive ketones (excluding diaryl/α,β-unsaturated/α-hetero) is 1. The molecule has 0 bridgehead atoms. The number of H-pyrrole nitrogens is 1. The molecule has 0 aromatic carbocycles. The van der Waals surface area contributed by atoms with Crippen LogP contribution in [-0.2, 0) is 16.6 Å². The molecule has 1 aromatic rings. The van der Waals surface area contributed by atoms with Crippen LogP contribution in [0.15, 0.2) is 9.59 Å². The SMILES string of the molecule is CCCCC1CCC(C(=O)OCC(=O)c2c(N)n(C)c(=O)[nH]c2=O)CC1. The quantitative estimate of drug-likeness (QED) is 0.555. The van der Waals surface area contributed by atoms with Crippen LogP contribution in [0.4, 0.5) is 5.82 Å². The first-order chi connectivity index (χ1) is 12.3. The van der Waals surface area contributed by atoms with Crippen LogP contribution in [0.5, 0.6) is 0 Å². The van der Waals surface area contributed by atoms with Gasteiger partial charge in [-0.05, 0) is 31.6 Å². The van der Waals surface area contributed by atoms with Gasteiger partial charge in [-0.15, -0.1) is 0 Å². The number of anilines is 1. The Bertz CT molecular complexity index is 772. The fourth-order valence-electron chi connectivity index (χ4n) is 3.41. The van der Waals surface area contributed by atoms with Crippen LogP contribution in [0.25, 0.3) is 0 Å². The monoisotopic (exact) mass is 365 g/mol. The molecule has 1 heterocycles. The van der Waals surface area contributed by atoms with Crippen molar-refractivity contribution < 1.29 is 14.3 Å². The maximum Gasteiger partial charge on any atom is 0.329 e. The summed E-state index contributed by atoms with van der Waals surface area (Å²) in [7, 11) is 1.34. The van der Waals surface area contributed by atoms with Crippen LogP contribution in [0.2, 0.25) is 0 Å². The number of carbonyl (C=O) groups excluding carboxylic acids is 2. The smallest absolute Gasteiger partial charge is 0.329 e. The summed E-state index contributed by atoms with van der Waals surface area (Å²) in [4.78, 5) is 49.7. The van der Waals surface area contributed by atoms with Gasteiger partial charge in [0.2, 0.25) is 5.78 Å². The second-order valence-electron chi connectivity index (χ2n) is 6.97. The molecule has 1 saturated carbocycles. The Morgan fingerprint density at radius 2 is 1.88 bits per heavy atom. The van der Waals surface area contributed by atoms with Crippen LogP contribution >= 0.6 is 0 Å². The van der Waals surface area contributed by atoms with Crippen molar-refractivity contribution in [2.75, 3.05) is 12.3 Å². The number of rotatable bonds is 7. The minimum atomic E-state index is -0.872. The van der Waals surface area contributed by atoms with Crippen molar-refractivity contribution in [1.82, 2.24) is 9.55 Å². The molecule has 26 heavy (non-hydrogen) atoms. The van der Waals surface area contributed by atoms with Crippen LogP contribution in [0.1, 0.15) is 62.2 Å². The van der Waals surface area contributed by atoms with Gasteiger partial charge in [-0.2, -0.15) is 0 Å². The molecule has 1 aromatic heterocycles. The summed E-state index contributed by atoms with van der Waals surface area (Å²) in [6, 6.07) is 0. The Hall–Kier alpha value is -2.38. The van der Waals surface area contributed by atoms with E-state index in [4.69, 9.17) is 10.5 Å². The first kappa shape index (κ1) is 19.9. The number of ether oxygens (including phenoxy) is 1. The molecule has 0 saturated heterocycles. The second-order valence-corrected chi connectivity index (χ2v) is 6.97. The lowest BCUT2D eigenvalue weighted by atomic mass is 9.80. The Labute approximate surface area is 151 Å². The van der Waals surface area contributed by atoms with Crippen molar-refractivity contribution in [3.63, 3.8) is 0 Å². The van der Waals surface area contributed by atoms with E-state index in [-0.39, 0.29) is 17.3 Å². The number of unbranched alkanes of at least 4 members (excludes halogenated alkanes) is 1. The highest BCUT2D eigenvalue weighted by molar-refractivity contribution is 6.01. The molecular formula is C18H27N3O5. The van der Waals surface area contributed by atoms with Gasteiger partial charge in [-0.3, -0.25) is 23.9 Å². The number of nitrogens with one attached hydrogen (secondary N) is 1. The first-order valence-corrected chi connectivity index (χ1v) is 9.13. The fourth-order valence-corrected chi connectivity index (χ4v) is 3.41. The highest BCUT2D eigenvalue weighted by Gasteiger charge is 2.28. The number of aromatic nitrogens is 2. The van der Waals surface area contributed by atoms with E-state index in [1.165, 1.54) is 26.3 Å². The lowest BCUT2D eigenvalue weighted by molar-refractivity contribution is -0.148. The molecule has 8 nitrogen and oxygen atoms in total. The van der Waals surface area contributed by atoms with E-state index < -0.39 is 29.6 Å². The zero-order chi connectivity index (χ0) is 19.3. The molecule has 2 rings (SSSR count). The number of nitrogen functional groups attached to an aromatic ring is 1. The molecule has 0 atom stereocenters. The topological polar surface area (TPSA) is 124 Å². The summed E-state index contributed by atoms with van der Waals surface area (Å²) >= 11 is 0. The minimum absolute atomic E-state index is 0.198. The summed E-state index contributed by atoms with van der Waals surface area (Å²) in [6.45, 7) is 1.61. The number of esters is 1. The van der Waals surface area contributed by atoms with Crippen molar-refractivity contribution in [2.45, 2.75) is 51.9 Å². The minimum Gasteiger partial charge on any atom is -0.457 e. The van der Waals surface area contributed by atoms with Gasteiger partial charge in [0.15, 0.2) is 6.61 Å².